The van der Waals surface area contributed by atoms with Crippen molar-refractivity contribution in [3.63, 3.8) is 0 Å². The van der Waals surface area contributed by atoms with Crippen molar-refractivity contribution < 1.29 is 19.2 Å². The van der Waals surface area contributed by atoms with Crippen molar-refractivity contribution in [2.45, 2.75) is 12.8 Å². The summed E-state index contributed by atoms with van der Waals surface area (Å²) in [6.45, 7) is 3.86. The number of nitro benzene ring substituents is 1. The lowest BCUT2D eigenvalue weighted by Gasteiger charge is -2.26. The smallest absolute Gasteiger partial charge is 0.307 e. The Kier molecular flexibility index (Phi) is 11.4. The Bertz CT molecular complexity index is 701. The number of esters is 1. The van der Waals surface area contributed by atoms with Gasteiger partial charge in [0.15, 0.2) is 0 Å². The minimum atomic E-state index is -0.505. The summed E-state index contributed by atoms with van der Waals surface area (Å²) in [5.74, 6) is 1.40. The van der Waals surface area contributed by atoms with E-state index in [4.69, 9.17) is 0 Å². The van der Waals surface area contributed by atoms with E-state index in [2.05, 4.69) is 20.3 Å². The number of thioether (sulfide) groups is 1. The standard InChI is InChI=1S/C18H26N4O5S.ClH/c1-27-17(23)5-7-20-18(24)14-3-4-15(16(13-14)22(25)26)19-6-2-8-21-9-11-28-12-10-21;/h3-4,13,19H,2,5-12H2,1H3,(H,20,24);1H. The zero-order valence-electron chi connectivity index (χ0n) is 16.3. The van der Waals surface area contributed by atoms with E-state index in [1.807, 2.05) is 11.8 Å². The van der Waals surface area contributed by atoms with Gasteiger partial charge in [-0.2, -0.15) is 11.8 Å². The SMILES string of the molecule is COC(=O)CCNC(=O)c1ccc(NCCCN2CCSCC2)c([N+](=O)[O-])c1.Cl. The fourth-order valence-corrected chi connectivity index (χ4v) is 3.78. The Hall–Kier alpha value is -2.04. The van der Waals surface area contributed by atoms with Gasteiger partial charge in [0.05, 0.1) is 18.5 Å². The maximum atomic E-state index is 12.1. The third kappa shape index (κ3) is 8.46. The van der Waals surface area contributed by atoms with Crippen LogP contribution in [0.5, 0.6) is 0 Å². The van der Waals surface area contributed by atoms with E-state index < -0.39 is 16.8 Å². The number of ether oxygens (including phenoxy) is 1. The van der Waals surface area contributed by atoms with Crippen molar-refractivity contribution in [3.8, 4) is 0 Å². The summed E-state index contributed by atoms with van der Waals surface area (Å²) in [5.41, 5.74) is 0.424. The van der Waals surface area contributed by atoms with Gasteiger partial charge < -0.3 is 20.3 Å². The molecule has 0 atom stereocenters. The van der Waals surface area contributed by atoms with Crippen molar-refractivity contribution >= 4 is 47.4 Å². The summed E-state index contributed by atoms with van der Waals surface area (Å²) < 4.78 is 4.50. The molecule has 0 unspecified atom stereocenters. The van der Waals surface area contributed by atoms with Gasteiger partial charge in [-0.15, -0.1) is 12.4 Å². The normalized spacial score (nSPS) is 13.8. The molecule has 1 aliphatic rings. The van der Waals surface area contributed by atoms with Crippen LogP contribution in [0.2, 0.25) is 0 Å². The molecule has 1 amide bonds. The number of anilines is 1. The molecule has 1 aromatic rings. The maximum absolute atomic E-state index is 12.1. The molecule has 11 heteroatoms. The molecule has 162 valence electrons. The number of hydrogen-bond acceptors (Lipinski definition) is 8. The highest BCUT2D eigenvalue weighted by Crippen LogP contribution is 2.25. The van der Waals surface area contributed by atoms with Crippen LogP contribution in [0.1, 0.15) is 23.2 Å². The van der Waals surface area contributed by atoms with Crippen LogP contribution in [0, 0.1) is 10.1 Å². The van der Waals surface area contributed by atoms with Gasteiger partial charge in [-0.3, -0.25) is 19.7 Å². The highest BCUT2D eigenvalue weighted by Gasteiger charge is 2.18. The second-order valence-corrected chi connectivity index (χ2v) is 7.53. The number of rotatable bonds is 10. The fourth-order valence-electron chi connectivity index (χ4n) is 2.81. The average Bonchev–Trinajstić information content (AvgIpc) is 2.71. The molecule has 0 radical (unpaired) electrons. The van der Waals surface area contributed by atoms with E-state index in [-0.39, 0.29) is 36.6 Å². The van der Waals surface area contributed by atoms with Crippen LogP contribution in [0.4, 0.5) is 11.4 Å². The van der Waals surface area contributed by atoms with Gasteiger partial charge in [0.1, 0.15) is 5.69 Å². The topological polar surface area (TPSA) is 114 Å². The number of hydrogen-bond donors (Lipinski definition) is 2. The quantitative estimate of drug-likeness (QED) is 0.243. The molecule has 1 fully saturated rings. The average molecular weight is 447 g/mol. The molecule has 0 saturated carbocycles. The highest BCUT2D eigenvalue weighted by atomic mass is 35.5. The highest BCUT2D eigenvalue weighted by molar-refractivity contribution is 7.99. The molecule has 1 heterocycles. The first kappa shape index (κ1) is 25.0. The Morgan fingerprint density at radius 2 is 2.00 bits per heavy atom. The summed E-state index contributed by atoms with van der Waals surface area (Å²) >= 11 is 1.96. The summed E-state index contributed by atoms with van der Waals surface area (Å²) in [5, 5.41) is 17.0. The molecule has 1 aromatic carbocycles. The minimum absolute atomic E-state index is 0. The zero-order valence-corrected chi connectivity index (χ0v) is 18.0. The molecular weight excluding hydrogens is 420 g/mol. The molecule has 0 spiro atoms. The molecule has 0 bridgehead atoms. The van der Waals surface area contributed by atoms with Gasteiger partial charge >= 0.3 is 5.97 Å². The van der Waals surface area contributed by atoms with Crippen molar-refractivity contribution in [1.29, 1.82) is 0 Å². The van der Waals surface area contributed by atoms with Crippen LogP contribution in [0.25, 0.3) is 0 Å². The number of nitrogens with one attached hydrogen (secondary N) is 2. The van der Waals surface area contributed by atoms with E-state index in [9.17, 15) is 19.7 Å². The number of methoxy groups -OCH3 is 1. The summed E-state index contributed by atoms with van der Waals surface area (Å²) in [6.07, 6.45) is 0.928. The second kappa shape index (κ2) is 13.2. The molecule has 2 rings (SSSR count). The van der Waals surface area contributed by atoms with Gasteiger partial charge in [-0.25, -0.2) is 0 Å². The summed E-state index contributed by atoms with van der Waals surface area (Å²) in [4.78, 5) is 36.5. The molecule has 0 aromatic heterocycles. The lowest BCUT2D eigenvalue weighted by Crippen LogP contribution is -2.34. The van der Waals surface area contributed by atoms with Crippen molar-refractivity contribution in [1.82, 2.24) is 10.2 Å². The number of amides is 1. The van der Waals surface area contributed by atoms with Gasteiger partial charge in [0, 0.05) is 49.3 Å². The molecular formula is C18H27ClN4O5S. The number of halogens is 1. The number of nitro groups is 1. The molecule has 29 heavy (non-hydrogen) atoms. The Morgan fingerprint density at radius 1 is 1.28 bits per heavy atom. The van der Waals surface area contributed by atoms with Crippen LogP contribution in [0.15, 0.2) is 18.2 Å². The third-order valence-electron chi connectivity index (χ3n) is 4.37. The minimum Gasteiger partial charge on any atom is -0.469 e. The van der Waals surface area contributed by atoms with Crippen LogP contribution < -0.4 is 10.6 Å². The first-order valence-corrected chi connectivity index (χ1v) is 10.3. The van der Waals surface area contributed by atoms with E-state index in [1.165, 1.54) is 19.2 Å². The van der Waals surface area contributed by atoms with Gasteiger partial charge in [-0.1, -0.05) is 0 Å². The van der Waals surface area contributed by atoms with Crippen molar-refractivity contribution in [2.75, 3.05) is 56.7 Å². The first-order chi connectivity index (χ1) is 13.5. The molecule has 1 saturated heterocycles. The number of carbonyl (C=O) groups is 2. The lowest BCUT2D eigenvalue weighted by atomic mass is 10.1. The van der Waals surface area contributed by atoms with Crippen molar-refractivity contribution in [2.24, 2.45) is 0 Å². The molecule has 1 aliphatic heterocycles. The Labute approximate surface area is 180 Å². The van der Waals surface area contributed by atoms with E-state index >= 15 is 0 Å². The van der Waals surface area contributed by atoms with Crippen LogP contribution in [-0.2, 0) is 9.53 Å². The third-order valence-corrected chi connectivity index (χ3v) is 5.31. The molecule has 2 N–H and O–H groups in total. The summed E-state index contributed by atoms with van der Waals surface area (Å²) in [6, 6.07) is 4.33. The predicted octanol–water partition coefficient (Wildman–Crippen LogP) is 2.16. The fraction of sp³-hybridized carbons (Fsp3) is 0.556. The predicted molar refractivity (Wildman–Crippen MR) is 116 cm³/mol. The Morgan fingerprint density at radius 3 is 2.66 bits per heavy atom. The van der Waals surface area contributed by atoms with Gasteiger partial charge in [-0.05, 0) is 25.1 Å². The van der Waals surface area contributed by atoms with Gasteiger partial charge in [0.2, 0.25) is 0 Å². The monoisotopic (exact) mass is 446 g/mol. The van der Waals surface area contributed by atoms with Crippen LogP contribution >= 0.6 is 24.2 Å². The molecule has 0 aliphatic carbocycles. The lowest BCUT2D eigenvalue weighted by molar-refractivity contribution is -0.384. The summed E-state index contributed by atoms with van der Waals surface area (Å²) in [7, 11) is 1.27. The number of carbonyl (C=O) groups excluding carboxylic acids is 2. The number of nitrogens with zero attached hydrogens (tertiary/aromatic N) is 2. The maximum Gasteiger partial charge on any atom is 0.307 e. The zero-order chi connectivity index (χ0) is 20.4. The second-order valence-electron chi connectivity index (χ2n) is 6.31. The van der Waals surface area contributed by atoms with E-state index in [1.54, 1.807) is 6.07 Å². The molecule has 9 nitrogen and oxygen atoms in total. The van der Waals surface area contributed by atoms with Crippen LogP contribution in [-0.4, -0.2) is 73.0 Å². The number of benzene rings is 1. The van der Waals surface area contributed by atoms with Crippen LogP contribution in [0.3, 0.4) is 0 Å². The first-order valence-electron chi connectivity index (χ1n) is 9.18. The van der Waals surface area contributed by atoms with Crippen molar-refractivity contribution in [3.05, 3.63) is 33.9 Å². The largest absolute Gasteiger partial charge is 0.469 e. The van der Waals surface area contributed by atoms with E-state index in [0.717, 1.165) is 37.6 Å². The van der Waals surface area contributed by atoms with E-state index in [0.29, 0.717) is 12.2 Å². The Balaban J connectivity index is 0.00000420. The van der Waals surface area contributed by atoms with Gasteiger partial charge in [0.25, 0.3) is 11.6 Å².